The van der Waals surface area contributed by atoms with Crippen LogP contribution in [0.3, 0.4) is 0 Å². The van der Waals surface area contributed by atoms with Crippen LogP contribution in [0.4, 0.5) is 13.2 Å². The lowest BCUT2D eigenvalue weighted by Crippen LogP contribution is -2.41. The molecule has 0 unspecified atom stereocenters. The number of pyridine rings is 1. The quantitative estimate of drug-likeness (QED) is 0.142. The summed E-state index contributed by atoms with van der Waals surface area (Å²) in [6.07, 6.45) is 2.31. The van der Waals surface area contributed by atoms with Crippen molar-refractivity contribution in [2.24, 2.45) is 5.73 Å². The third-order valence-corrected chi connectivity index (χ3v) is 9.60. The molecule has 248 valence electrons. The van der Waals surface area contributed by atoms with Gasteiger partial charge < -0.3 is 15.0 Å². The van der Waals surface area contributed by atoms with Gasteiger partial charge >= 0.3 is 6.18 Å². The molecule has 0 aliphatic heterocycles. The van der Waals surface area contributed by atoms with Crippen LogP contribution in [-0.2, 0) is 25.7 Å². The van der Waals surface area contributed by atoms with Crippen LogP contribution in [-0.4, -0.2) is 29.8 Å². The molecule has 0 aliphatic rings. The molecular weight excluding hydrogens is 620 g/mol. The number of hydrogen-bond acceptors (Lipinski definition) is 6. The Morgan fingerprint density at radius 2 is 1.60 bits per heavy atom. The summed E-state index contributed by atoms with van der Waals surface area (Å²) < 4.78 is 47.6. The van der Waals surface area contributed by atoms with Crippen LogP contribution in [0.1, 0.15) is 75.7 Å². The van der Waals surface area contributed by atoms with Gasteiger partial charge in [0.15, 0.2) is 0 Å². The Kier molecular flexibility index (Phi) is 10.0. The average Bonchev–Trinajstić information content (AvgIpc) is 3.30. The fourth-order valence-corrected chi connectivity index (χ4v) is 6.59. The van der Waals surface area contributed by atoms with Gasteiger partial charge in [-0.1, -0.05) is 58.9 Å². The van der Waals surface area contributed by atoms with Crippen molar-refractivity contribution in [1.82, 2.24) is 19.5 Å². The minimum Gasteiger partial charge on any atom is -0.487 e. The number of nitrogens with zero attached hydrogens (tertiary/aromatic N) is 4. The number of aryl methyl sites for hydroxylation is 1. The maximum Gasteiger partial charge on any atom is 0.417 e. The Morgan fingerprint density at radius 1 is 0.872 bits per heavy atom. The Morgan fingerprint density at radius 3 is 2.17 bits per heavy atom. The second-order valence-electron chi connectivity index (χ2n) is 13.1. The van der Waals surface area contributed by atoms with Crippen molar-refractivity contribution in [1.29, 1.82) is 0 Å². The highest BCUT2D eigenvalue weighted by molar-refractivity contribution is 8.00. The molecule has 3 heterocycles. The molecule has 0 saturated carbocycles. The number of hydrogen-bond donors (Lipinski definition) is 1. The molecule has 5 rings (SSSR count). The summed E-state index contributed by atoms with van der Waals surface area (Å²) in [5.41, 5.74) is 12.0. The molecule has 0 fully saturated rings. The van der Waals surface area contributed by atoms with Gasteiger partial charge in [0, 0.05) is 62.7 Å². The average molecular weight is 662 g/mol. The second-order valence-corrected chi connectivity index (χ2v) is 14.9. The van der Waals surface area contributed by atoms with Gasteiger partial charge in [0.1, 0.15) is 12.4 Å². The standard InChI is InChI=1S/C37H42F3N5OS/c1-7-36(41,8-2)18-33-34(47-35(4,5)6)30-17-29(46-23-28-21-42-24(3)19-43-28)14-16-32(30)45(33)22-25-9-11-26(12-10-25)31-15-13-27(20-44-31)37(38,39)40/h9-17,19-21H,7-8,18,22-23,41H2,1-6H3. The zero-order valence-electron chi connectivity index (χ0n) is 27.8. The summed E-state index contributed by atoms with van der Waals surface area (Å²) in [7, 11) is 0. The van der Waals surface area contributed by atoms with Crippen molar-refractivity contribution >= 4 is 22.7 Å². The third kappa shape index (κ3) is 8.34. The highest BCUT2D eigenvalue weighted by Crippen LogP contribution is 2.44. The van der Waals surface area contributed by atoms with Crippen LogP contribution in [0, 0.1) is 6.92 Å². The van der Waals surface area contributed by atoms with Crippen LogP contribution in [0.2, 0.25) is 0 Å². The van der Waals surface area contributed by atoms with Gasteiger partial charge in [-0.15, -0.1) is 11.8 Å². The molecule has 3 aromatic heterocycles. The largest absolute Gasteiger partial charge is 0.487 e. The summed E-state index contributed by atoms with van der Waals surface area (Å²) in [6.45, 7) is 13.7. The molecule has 47 heavy (non-hydrogen) atoms. The monoisotopic (exact) mass is 661 g/mol. The van der Waals surface area contributed by atoms with E-state index in [4.69, 9.17) is 10.5 Å². The predicted molar refractivity (Wildman–Crippen MR) is 184 cm³/mol. The third-order valence-electron chi connectivity index (χ3n) is 8.33. The number of rotatable bonds is 11. The zero-order valence-corrected chi connectivity index (χ0v) is 28.6. The number of halogens is 3. The molecule has 10 heteroatoms. The van der Waals surface area contributed by atoms with E-state index in [9.17, 15) is 13.2 Å². The maximum absolute atomic E-state index is 13.0. The number of alkyl halides is 3. The van der Waals surface area contributed by atoms with E-state index < -0.39 is 11.7 Å². The first-order chi connectivity index (χ1) is 22.2. The molecule has 0 amide bonds. The number of thioether (sulfide) groups is 1. The fraction of sp³-hybridized carbons (Fsp3) is 0.378. The molecule has 0 bridgehead atoms. The first-order valence-corrected chi connectivity index (χ1v) is 16.7. The number of fused-ring (bicyclic) bond motifs is 1. The van der Waals surface area contributed by atoms with E-state index in [-0.39, 0.29) is 10.3 Å². The molecule has 5 aromatic rings. The minimum absolute atomic E-state index is 0.0613. The normalized spacial score (nSPS) is 12.6. The predicted octanol–water partition coefficient (Wildman–Crippen LogP) is 9.40. The topological polar surface area (TPSA) is 78.9 Å². The van der Waals surface area contributed by atoms with Gasteiger partial charge in [-0.3, -0.25) is 15.0 Å². The van der Waals surface area contributed by atoms with E-state index in [1.165, 1.54) is 16.7 Å². The molecule has 0 saturated heterocycles. The van der Waals surface area contributed by atoms with E-state index in [1.807, 2.05) is 49.0 Å². The minimum atomic E-state index is -4.42. The van der Waals surface area contributed by atoms with Crippen LogP contribution < -0.4 is 10.5 Å². The maximum atomic E-state index is 13.0. The lowest BCUT2D eigenvalue weighted by atomic mass is 9.89. The van der Waals surface area contributed by atoms with Crippen molar-refractivity contribution in [3.05, 3.63) is 101 Å². The molecule has 2 N–H and O–H groups in total. The van der Waals surface area contributed by atoms with E-state index >= 15 is 0 Å². The Bertz CT molecular complexity index is 1810. The van der Waals surface area contributed by atoms with Gasteiger partial charge in [0.2, 0.25) is 0 Å². The van der Waals surface area contributed by atoms with Crippen molar-refractivity contribution in [2.45, 2.75) is 95.3 Å². The van der Waals surface area contributed by atoms with Gasteiger partial charge in [-0.05, 0) is 55.7 Å². The first kappa shape index (κ1) is 34.4. The summed E-state index contributed by atoms with van der Waals surface area (Å²) in [6, 6.07) is 16.5. The lowest BCUT2D eigenvalue weighted by Gasteiger charge is -2.29. The van der Waals surface area contributed by atoms with Crippen molar-refractivity contribution < 1.29 is 17.9 Å². The van der Waals surface area contributed by atoms with Crippen molar-refractivity contribution in [3.63, 3.8) is 0 Å². The fourth-order valence-electron chi connectivity index (χ4n) is 5.40. The molecule has 6 nitrogen and oxygen atoms in total. The van der Waals surface area contributed by atoms with E-state index in [2.05, 4.69) is 66.3 Å². The van der Waals surface area contributed by atoms with E-state index in [0.717, 1.165) is 64.3 Å². The molecule has 0 radical (unpaired) electrons. The lowest BCUT2D eigenvalue weighted by molar-refractivity contribution is -0.137. The highest BCUT2D eigenvalue weighted by Gasteiger charge is 2.31. The molecule has 0 spiro atoms. The Balaban J connectivity index is 1.54. The van der Waals surface area contributed by atoms with Gasteiger partial charge in [-0.2, -0.15) is 13.2 Å². The number of nitrogens with two attached hydrogens (primary N) is 1. The van der Waals surface area contributed by atoms with E-state index in [0.29, 0.717) is 25.3 Å². The highest BCUT2D eigenvalue weighted by atomic mass is 32.2. The number of aromatic nitrogens is 4. The van der Waals surface area contributed by atoms with Crippen LogP contribution in [0.25, 0.3) is 22.2 Å². The van der Waals surface area contributed by atoms with E-state index in [1.54, 1.807) is 12.4 Å². The molecule has 0 atom stereocenters. The van der Waals surface area contributed by atoms with Gasteiger partial charge in [-0.25, -0.2) is 0 Å². The SMILES string of the molecule is CCC(N)(CC)Cc1c(SC(C)(C)C)c2cc(OCc3cnc(C)cn3)ccc2n1Cc1ccc(-c2ccc(C(F)(F)F)cn2)cc1. The summed E-state index contributed by atoms with van der Waals surface area (Å²) in [5.74, 6) is 0.748. The Hall–Kier alpha value is -3.89. The molecule has 0 aliphatic carbocycles. The number of benzene rings is 2. The summed E-state index contributed by atoms with van der Waals surface area (Å²) in [5, 5.41) is 1.10. The first-order valence-electron chi connectivity index (χ1n) is 15.8. The van der Waals surface area contributed by atoms with Crippen LogP contribution >= 0.6 is 11.8 Å². The number of ether oxygens (including phenoxy) is 1. The van der Waals surface area contributed by atoms with Crippen LogP contribution in [0.15, 0.2) is 78.1 Å². The smallest absolute Gasteiger partial charge is 0.417 e. The zero-order chi connectivity index (χ0) is 34.0. The van der Waals surface area contributed by atoms with Crippen molar-refractivity contribution in [2.75, 3.05) is 0 Å². The molecular formula is C37H42F3N5OS. The summed E-state index contributed by atoms with van der Waals surface area (Å²) in [4.78, 5) is 14.0. The van der Waals surface area contributed by atoms with Gasteiger partial charge in [0.05, 0.1) is 28.8 Å². The Labute approximate surface area is 279 Å². The summed E-state index contributed by atoms with van der Waals surface area (Å²) >= 11 is 1.83. The van der Waals surface area contributed by atoms with Gasteiger partial charge in [0.25, 0.3) is 0 Å². The van der Waals surface area contributed by atoms with Crippen molar-refractivity contribution in [3.8, 4) is 17.0 Å². The van der Waals surface area contributed by atoms with Crippen LogP contribution in [0.5, 0.6) is 5.75 Å². The second kappa shape index (κ2) is 13.7. The molecule has 2 aromatic carbocycles.